The van der Waals surface area contributed by atoms with Gasteiger partial charge in [-0.1, -0.05) is 6.92 Å². The molecular formula is C10H14O4. The number of rotatable bonds is 5. The van der Waals surface area contributed by atoms with E-state index in [1.165, 1.54) is 0 Å². The second-order valence-corrected chi connectivity index (χ2v) is 4.55. The van der Waals surface area contributed by atoms with E-state index in [4.69, 9.17) is 9.84 Å². The second kappa shape index (κ2) is 2.72. The zero-order valence-corrected chi connectivity index (χ0v) is 8.16. The molecule has 0 aliphatic heterocycles. The van der Waals surface area contributed by atoms with Crippen LogP contribution in [0.25, 0.3) is 0 Å². The van der Waals surface area contributed by atoms with Crippen LogP contribution >= 0.6 is 0 Å². The molecule has 14 heavy (non-hydrogen) atoms. The van der Waals surface area contributed by atoms with Crippen molar-refractivity contribution >= 4 is 12.4 Å². The summed E-state index contributed by atoms with van der Waals surface area (Å²) >= 11 is 0. The summed E-state index contributed by atoms with van der Waals surface area (Å²) in [6.07, 6.45) is 2.51. The molecule has 4 nitrogen and oxygen atoms in total. The van der Waals surface area contributed by atoms with Gasteiger partial charge in [-0.3, -0.25) is 9.59 Å². The van der Waals surface area contributed by atoms with Crippen molar-refractivity contribution < 1.29 is 19.4 Å². The van der Waals surface area contributed by atoms with Crippen molar-refractivity contribution in [2.45, 2.75) is 26.2 Å². The van der Waals surface area contributed by atoms with Crippen LogP contribution in [0.1, 0.15) is 26.2 Å². The van der Waals surface area contributed by atoms with Crippen molar-refractivity contribution in [1.82, 2.24) is 0 Å². The molecule has 0 spiro atoms. The van der Waals surface area contributed by atoms with Crippen molar-refractivity contribution in [3.63, 3.8) is 0 Å². The van der Waals surface area contributed by atoms with E-state index in [-0.39, 0.29) is 11.3 Å². The van der Waals surface area contributed by atoms with Crippen molar-refractivity contribution in [2.24, 2.45) is 16.7 Å². The lowest BCUT2D eigenvalue weighted by molar-refractivity contribution is -0.150. The number of hydrogen-bond donors (Lipinski definition) is 1. The predicted octanol–water partition coefficient (Wildman–Crippen LogP) is 1.05. The largest absolute Gasteiger partial charge is 0.481 e. The van der Waals surface area contributed by atoms with E-state index in [1.807, 2.05) is 6.92 Å². The van der Waals surface area contributed by atoms with Crippen LogP contribution in [-0.2, 0) is 14.3 Å². The van der Waals surface area contributed by atoms with Gasteiger partial charge in [0.1, 0.15) is 0 Å². The van der Waals surface area contributed by atoms with Crippen molar-refractivity contribution in [2.75, 3.05) is 6.61 Å². The molecule has 0 saturated heterocycles. The summed E-state index contributed by atoms with van der Waals surface area (Å²) < 4.78 is 4.70. The summed E-state index contributed by atoms with van der Waals surface area (Å²) in [5.41, 5.74) is -0.541. The SMILES string of the molecule is CC(COC=O)C12CCC1(C(=O)O)C2. The highest BCUT2D eigenvalue weighted by Gasteiger charge is 2.79. The van der Waals surface area contributed by atoms with E-state index >= 15 is 0 Å². The fourth-order valence-electron chi connectivity index (χ4n) is 3.05. The third-order valence-corrected chi connectivity index (χ3v) is 4.21. The lowest BCUT2D eigenvalue weighted by Gasteiger charge is -2.36. The maximum Gasteiger partial charge on any atom is 0.310 e. The van der Waals surface area contributed by atoms with Gasteiger partial charge in [-0.25, -0.2) is 0 Å². The maximum atomic E-state index is 11.0. The number of carboxylic acids is 1. The van der Waals surface area contributed by atoms with Crippen LogP contribution in [0.15, 0.2) is 0 Å². The van der Waals surface area contributed by atoms with E-state index in [9.17, 15) is 9.59 Å². The molecule has 0 aromatic rings. The summed E-state index contributed by atoms with van der Waals surface area (Å²) in [7, 11) is 0. The van der Waals surface area contributed by atoms with E-state index in [0.29, 0.717) is 13.1 Å². The van der Waals surface area contributed by atoms with Crippen molar-refractivity contribution in [3.05, 3.63) is 0 Å². The molecule has 0 aromatic heterocycles. The molecule has 4 heteroatoms. The van der Waals surface area contributed by atoms with Crippen LogP contribution < -0.4 is 0 Å². The van der Waals surface area contributed by atoms with Crippen LogP contribution in [0.5, 0.6) is 0 Å². The monoisotopic (exact) mass is 198 g/mol. The second-order valence-electron chi connectivity index (χ2n) is 4.55. The lowest BCUT2D eigenvalue weighted by Crippen LogP contribution is -2.38. The van der Waals surface area contributed by atoms with Crippen LogP contribution in [0.3, 0.4) is 0 Å². The molecule has 2 saturated carbocycles. The summed E-state index contributed by atoms with van der Waals surface area (Å²) in [6.45, 7) is 2.74. The molecule has 0 aromatic carbocycles. The third kappa shape index (κ3) is 0.885. The minimum atomic E-state index is -0.679. The van der Waals surface area contributed by atoms with Gasteiger partial charge in [0.05, 0.1) is 12.0 Å². The normalized spacial score (nSPS) is 40.4. The van der Waals surface area contributed by atoms with Crippen LogP contribution in [-0.4, -0.2) is 24.2 Å². The standard InChI is InChI=1S/C10H14O4/c1-7(4-14-6-11)9-2-3-10(9,5-9)8(12)13/h6-7H,2-5H2,1H3,(H,12,13). The van der Waals surface area contributed by atoms with Gasteiger partial charge in [0.2, 0.25) is 0 Å². The Hall–Kier alpha value is -1.06. The first-order chi connectivity index (χ1) is 6.59. The van der Waals surface area contributed by atoms with Crippen molar-refractivity contribution in [1.29, 1.82) is 0 Å². The molecule has 2 aliphatic rings. The highest BCUT2D eigenvalue weighted by molar-refractivity contribution is 5.82. The number of carboxylic acid groups (broad SMARTS) is 1. The number of ether oxygens (including phenoxy) is 1. The molecular weight excluding hydrogens is 184 g/mol. The molecule has 3 unspecified atom stereocenters. The molecule has 2 fully saturated rings. The minimum Gasteiger partial charge on any atom is -0.481 e. The van der Waals surface area contributed by atoms with E-state index in [0.717, 1.165) is 19.3 Å². The molecule has 2 aliphatic carbocycles. The molecule has 3 atom stereocenters. The molecule has 2 rings (SSSR count). The van der Waals surface area contributed by atoms with Gasteiger partial charge in [0.25, 0.3) is 6.47 Å². The highest BCUT2D eigenvalue weighted by atomic mass is 16.5. The fraction of sp³-hybridized carbons (Fsp3) is 0.800. The first-order valence-corrected chi connectivity index (χ1v) is 4.88. The van der Waals surface area contributed by atoms with Gasteiger partial charge >= 0.3 is 5.97 Å². The first-order valence-electron chi connectivity index (χ1n) is 4.88. The lowest BCUT2D eigenvalue weighted by atomic mass is 9.67. The number of hydrogen-bond acceptors (Lipinski definition) is 3. The summed E-state index contributed by atoms with van der Waals surface area (Å²) in [4.78, 5) is 21.0. The van der Waals surface area contributed by atoms with E-state index in [1.54, 1.807) is 0 Å². The molecule has 78 valence electrons. The zero-order chi connectivity index (χ0) is 10.4. The zero-order valence-electron chi connectivity index (χ0n) is 8.16. The van der Waals surface area contributed by atoms with Crippen LogP contribution in [0.4, 0.5) is 0 Å². The summed E-state index contributed by atoms with van der Waals surface area (Å²) in [6, 6.07) is 0. The Morgan fingerprint density at radius 1 is 1.64 bits per heavy atom. The Morgan fingerprint density at radius 3 is 2.71 bits per heavy atom. The molecule has 0 radical (unpaired) electrons. The Bertz CT molecular complexity index is 288. The predicted molar refractivity (Wildman–Crippen MR) is 47.5 cm³/mol. The number of fused-ring (bicyclic) bond motifs is 1. The number of aliphatic carboxylic acids is 1. The van der Waals surface area contributed by atoms with Gasteiger partial charge in [0, 0.05) is 0 Å². The van der Waals surface area contributed by atoms with Gasteiger partial charge in [-0.05, 0) is 30.6 Å². The molecule has 0 heterocycles. The Morgan fingerprint density at radius 2 is 2.36 bits per heavy atom. The van der Waals surface area contributed by atoms with E-state index in [2.05, 4.69) is 0 Å². The highest BCUT2D eigenvalue weighted by Crippen LogP contribution is 2.80. The van der Waals surface area contributed by atoms with Crippen LogP contribution in [0, 0.1) is 16.7 Å². The number of carbonyl (C=O) groups excluding carboxylic acids is 1. The fourth-order valence-corrected chi connectivity index (χ4v) is 3.05. The first kappa shape index (κ1) is 9.49. The Labute approximate surface area is 82.2 Å². The van der Waals surface area contributed by atoms with Crippen molar-refractivity contribution in [3.8, 4) is 0 Å². The van der Waals surface area contributed by atoms with Gasteiger partial charge in [-0.2, -0.15) is 0 Å². The third-order valence-electron chi connectivity index (χ3n) is 4.21. The van der Waals surface area contributed by atoms with Gasteiger partial charge < -0.3 is 9.84 Å². The Balaban J connectivity index is 2.00. The quantitative estimate of drug-likeness (QED) is 0.670. The summed E-state index contributed by atoms with van der Waals surface area (Å²) in [5, 5.41) is 9.06. The number of carbonyl (C=O) groups is 2. The molecule has 1 N–H and O–H groups in total. The van der Waals surface area contributed by atoms with Crippen LogP contribution in [0.2, 0.25) is 0 Å². The topological polar surface area (TPSA) is 63.6 Å². The molecule has 0 amide bonds. The smallest absolute Gasteiger partial charge is 0.310 e. The van der Waals surface area contributed by atoms with E-state index < -0.39 is 11.4 Å². The van der Waals surface area contributed by atoms with Gasteiger partial charge in [-0.15, -0.1) is 0 Å². The maximum absolute atomic E-state index is 11.0. The minimum absolute atomic E-state index is 0.0676. The summed E-state index contributed by atoms with van der Waals surface area (Å²) in [5.74, 6) is -0.515. The Kier molecular flexibility index (Phi) is 1.84. The molecule has 0 bridgehead atoms. The average Bonchev–Trinajstić information content (AvgIpc) is 2.61. The average molecular weight is 198 g/mol. The van der Waals surface area contributed by atoms with Gasteiger partial charge in [0.15, 0.2) is 0 Å².